The number of hydrogen-bond donors (Lipinski definition) is 0. The van der Waals surface area contributed by atoms with Crippen LogP contribution in [0.25, 0.3) is 127 Å². The van der Waals surface area contributed by atoms with Gasteiger partial charge in [-0.05, 0) is 88.6 Å². The van der Waals surface area contributed by atoms with Gasteiger partial charge in [-0.25, -0.2) is 9.97 Å². The summed E-state index contributed by atoms with van der Waals surface area (Å²) in [7, 11) is 0. The molecule has 5 nitrogen and oxygen atoms in total. The fourth-order valence-electron chi connectivity index (χ4n) is 9.39. The molecule has 13 rings (SSSR count). The van der Waals surface area contributed by atoms with Gasteiger partial charge in [0, 0.05) is 54.5 Å². The molecule has 0 N–H and O–H groups in total. The summed E-state index contributed by atoms with van der Waals surface area (Å²) in [4.78, 5) is 10.6. The maximum atomic E-state index is 6.56. The molecule has 9 aromatic carbocycles. The van der Waals surface area contributed by atoms with Gasteiger partial charge < -0.3 is 13.4 Å². The lowest BCUT2D eigenvalue weighted by Gasteiger charge is -2.11. The zero-order valence-electron chi connectivity index (χ0n) is 31.6. The van der Waals surface area contributed by atoms with E-state index in [-0.39, 0.29) is 0 Å². The summed E-state index contributed by atoms with van der Waals surface area (Å²) in [6, 6.07) is 66.0. The van der Waals surface area contributed by atoms with E-state index in [0.29, 0.717) is 5.82 Å². The lowest BCUT2D eigenvalue weighted by atomic mass is 9.97. The number of furan rings is 2. The van der Waals surface area contributed by atoms with E-state index in [1.807, 2.05) is 48.5 Å². The molecule has 0 radical (unpaired) electrons. The normalized spacial score (nSPS) is 12.1. The minimum atomic E-state index is 0.643. The van der Waals surface area contributed by atoms with E-state index in [2.05, 4.69) is 144 Å². The van der Waals surface area contributed by atoms with E-state index < -0.39 is 0 Å². The molecule has 0 spiro atoms. The van der Waals surface area contributed by atoms with Crippen LogP contribution in [-0.4, -0.2) is 14.5 Å². The van der Waals surface area contributed by atoms with E-state index in [1.165, 1.54) is 32.6 Å². The van der Waals surface area contributed by atoms with Gasteiger partial charge in [-0.3, -0.25) is 0 Å². The Hall–Kier alpha value is -8.02. The third-order valence-corrected chi connectivity index (χ3v) is 12.0. The van der Waals surface area contributed by atoms with E-state index in [9.17, 15) is 0 Å². The van der Waals surface area contributed by atoms with Gasteiger partial charge in [0.05, 0.1) is 22.2 Å². The Bertz CT molecular complexity index is 3850. The number of hydrogen-bond acceptors (Lipinski definition) is 4. The average molecular weight is 754 g/mol. The van der Waals surface area contributed by atoms with Crippen molar-refractivity contribution in [3.63, 3.8) is 0 Å². The molecule has 0 aliphatic carbocycles. The SMILES string of the molecule is c1ccc(-n2c3ccc(-c4ccc5oc6cccc(-c7nc(-c8cccc9oc%10ccccc%10c89)c8ccccc8n7)c6c5c4)cc3c3c4ccccc4ccc32)cc1. The van der Waals surface area contributed by atoms with E-state index in [1.54, 1.807) is 0 Å². The molecule has 0 aliphatic rings. The van der Waals surface area contributed by atoms with Crippen LogP contribution in [0.1, 0.15) is 0 Å². The smallest absolute Gasteiger partial charge is 0.161 e. The Morgan fingerprint density at radius 3 is 1.85 bits per heavy atom. The van der Waals surface area contributed by atoms with Crippen LogP contribution in [0, 0.1) is 0 Å². The van der Waals surface area contributed by atoms with E-state index >= 15 is 0 Å². The van der Waals surface area contributed by atoms with Crippen LogP contribution in [0.4, 0.5) is 0 Å². The van der Waals surface area contributed by atoms with Crippen molar-refractivity contribution in [2.45, 2.75) is 0 Å². The molecule has 0 unspecified atom stereocenters. The molecule has 0 fully saturated rings. The molecular weight excluding hydrogens is 723 g/mol. The number of aromatic nitrogens is 3. The third kappa shape index (κ3) is 4.73. The molecule has 59 heavy (non-hydrogen) atoms. The summed E-state index contributed by atoms with van der Waals surface area (Å²) in [5.41, 5.74) is 12.7. The Balaban J connectivity index is 1.03. The highest BCUT2D eigenvalue weighted by Crippen LogP contribution is 2.43. The maximum Gasteiger partial charge on any atom is 0.161 e. The van der Waals surface area contributed by atoms with E-state index in [0.717, 1.165) is 88.4 Å². The minimum Gasteiger partial charge on any atom is -0.456 e. The van der Waals surface area contributed by atoms with E-state index in [4.69, 9.17) is 18.8 Å². The second-order valence-corrected chi connectivity index (χ2v) is 15.3. The number of benzene rings is 9. The van der Waals surface area contributed by atoms with Gasteiger partial charge in [-0.15, -0.1) is 0 Å². The molecule has 4 aromatic heterocycles. The van der Waals surface area contributed by atoms with Crippen LogP contribution in [0.15, 0.2) is 197 Å². The van der Waals surface area contributed by atoms with Crippen molar-refractivity contribution in [1.82, 2.24) is 14.5 Å². The zero-order valence-corrected chi connectivity index (χ0v) is 31.6. The lowest BCUT2D eigenvalue weighted by Crippen LogP contribution is -1.96. The highest BCUT2D eigenvalue weighted by atomic mass is 16.3. The Labute approximate surface area is 337 Å². The number of nitrogens with zero attached hydrogens (tertiary/aromatic N) is 3. The summed E-state index contributed by atoms with van der Waals surface area (Å²) in [6.45, 7) is 0. The molecule has 5 heteroatoms. The standard InChI is InChI=1S/C54H31N3O2/c1-2-13-35(14-3-1)57-44-27-25-33(30-41(44)50-36-15-5-4-12-32(36)24-28-45(50)57)34-26-29-47-42(31-34)52-40(19-11-23-49(52)59-47)54-55-43-20-8-6-16-37(43)53(56-54)39-18-10-22-48-51(39)38-17-7-9-21-46(38)58-48/h1-31H. The van der Waals surface area contributed by atoms with Gasteiger partial charge >= 0.3 is 0 Å². The van der Waals surface area contributed by atoms with Crippen LogP contribution < -0.4 is 0 Å². The van der Waals surface area contributed by atoms with Crippen LogP contribution in [0.3, 0.4) is 0 Å². The molecule has 0 atom stereocenters. The summed E-state index contributed by atoms with van der Waals surface area (Å²) in [5.74, 6) is 0.643. The van der Waals surface area contributed by atoms with Crippen molar-refractivity contribution < 1.29 is 8.83 Å². The van der Waals surface area contributed by atoms with Crippen molar-refractivity contribution in [3.8, 4) is 39.5 Å². The quantitative estimate of drug-likeness (QED) is 0.180. The summed E-state index contributed by atoms with van der Waals surface area (Å²) >= 11 is 0. The first-order valence-corrected chi connectivity index (χ1v) is 19.9. The predicted molar refractivity (Wildman–Crippen MR) is 242 cm³/mol. The molecule has 0 amide bonds. The largest absolute Gasteiger partial charge is 0.456 e. The highest BCUT2D eigenvalue weighted by Gasteiger charge is 2.21. The van der Waals surface area contributed by atoms with Gasteiger partial charge in [0.1, 0.15) is 22.3 Å². The predicted octanol–water partition coefficient (Wildman–Crippen LogP) is 14.7. The zero-order chi connectivity index (χ0) is 38.6. The summed E-state index contributed by atoms with van der Waals surface area (Å²) in [6.07, 6.45) is 0. The van der Waals surface area contributed by atoms with Gasteiger partial charge in [0.15, 0.2) is 5.82 Å². The lowest BCUT2D eigenvalue weighted by molar-refractivity contribution is 0.668. The van der Waals surface area contributed by atoms with Gasteiger partial charge in [-0.2, -0.15) is 0 Å². The molecule has 0 aliphatic heterocycles. The van der Waals surface area contributed by atoms with Crippen LogP contribution in [-0.2, 0) is 0 Å². The van der Waals surface area contributed by atoms with Crippen molar-refractivity contribution in [2.75, 3.05) is 0 Å². The van der Waals surface area contributed by atoms with Crippen molar-refractivity contribution in [3.05, 3.63) is 188 Å². The molecule has 274 valence electrons. The Morgan fingerprint density at radius 2 is 1.00 bits per heavy atom. The molecule has 0 saturated carbocycles. The highest BCUT2D eigenvalue weighted by molar-refractivity contribution is 6.22. The fraction of sp³-hybridized carbons (Fsp3) is 0. The second-order valence-electron chi connectivity index (χ2n) is 15.3. The molecular formula is C54H31N3O2. The monoisotopic (exact) mass is 753 g/mol. The topological polar surface area (TPSA) is 57.0 Å². The fourth-order valence-corrected chi connectivity index (χ4v) is 9.39. The molecule has 0 saturated heterocycles. The van der Waals surface area contributed by atoms with Crippen molar-refractivity contribution >= 4 is 87.4 Å². The van der Waals surface area contributed by atoms with Crippen molar-refractivity contribution in [1.29, 1.82) is 0 Å². The van der Waals surface area contributed by atoms with Gasteiger partial charge in [-0.1, -0.05) is 121 Å². The van der Waals surface area contributed by atoms with Gasteiger partial charge in [0.2, 0.25) is 0 Å². The van der Waals surface area contributed by atoms with Crippen LogP contribution in [0.5, 0.6) is 0 Å². The Morgan fingerprint density at radius 1 is 0.373 bits per heavy atom. The second kappa shape index (κ2) is 12.2. The summed E-state index contributed by atoms with van der Waals surface area (Å²) in [5, 5.41) is 10.0. The molecule has 13 aromatic rings. The van der Waals surface area contributed by atoms with Crippen LogP contribution >= 0.6 is 0 Å². The number of para-hydroxylation sites is 3. The average Bonchev–Trinajstić information content (AvgIpc) is 3.98. The van der Waals surface area contributed by atoms with Crippen LogP contribution in [0.2, 0.25) is 0 Å². The maximum absolute atomic E-state index is 6.56. The first kappa shape index (κ1) is 32.1. The number of rotatable bonds is 4. The molecule has 4 heterocycles. The number of fused-ring (bicyclic) bond motifs is 12. The minimum absolute atomic E-state index is 0.643. The first-order valence-electron chi connectivity index (χ1n) is 19.9. The summed E-state index contributed by atoms with van der Waals surface area (Å²) < 4.78 is 15.3. The Kier molecular flexibility index (Phi) is 6.66. The van der Waals surface area contributed by atoms with Crippen molar-refractivity contribution in [2.24, 2.45) is 0 Å². The van der Waals surface area contributed by atoms with Gasteiger partial charge in [0.25, 0.3) is 0 Å². The third-order valence-electron chi connectivity index (χ3n) is 12.0. The molecule has 0 bridgehead atoms. The first-order chi connectivity index (χ1) is 29.2.